The number of benzene rings is 1. The number of para-hydroxylation sites is 1. The lowest BCUT2D eigenvalue weighted by Gasteiger charge is -2.35. The SMILES string of the molecule is N[C@@H]1CCCN(c2c(/C=C3\SC(=O)NC3=O)cccc2OCC2CCCCC2)C1. The Morgan fingerprint density at radius 3 is 2.72 bits per heavy atom. The topological polar surface area (TPSA) is 84.7 Å². The Morgan fingerprint density at radius 2 is 2.00 bits per heavy atom. The number of thioether (sulfide) groups is 1. The van der Waals surface area contributed by atoms with Crippen LogP contribution >= 0.6 is 11.8 Å². The Kier molecular flexibility index (Phi) is 6.45. The van der Waals surface area contributed by atoms with Crippen LogP contribution < -0.4 is 20.7 Å². The minimum Gasteiger partial charge on any atom is -0.491 e. The average Bonchev–Trinajstić information content (AvgIpc) is 3.04. The molecule has 29 heavy (non-hydrogen) atoms. The first kappa shape index (κ1) is 20.3. The Bertz CT molecular complexity index is 804. The van der Waals surface area contributed by atoms with Gasteiger partial charge in [0.25, 0.3) is 11.1 Å². The van der Waals surface area contributed by atoms with Crippen molar-refractivity contribution in [2.75, 3.05) is 24.6 Å². The van der Waals surface area contributed by atoms with Gasteiger partial charge in [0, 0.05) is 24.7 Å². The second kappa shape index (κ2) is 9.22. The van der Waals surface area contributed by atoms with Gasteiger partial charge in [-0.05, 0) is 55.5 Å². The molecular formula is C22H29N3O3S. The van der Waals surface area contributed by atoms with Gasteiger partial charge in [-0.3, -0.25) is 14.9 Å². The van der Waals surface area contributed by atoms with Gasteiger partial charge < -0.3 is 15.4 Å². The van der Waals surface area contributed by atoms with E-state index < -0.39 is 0 Å². The highest BCUT2D eigenvalue weighted by Crippen LogP contribution is 2.38. The quantitative estimate of drug-likeness (QED) is 0.710. The van der Waals surface area contributed by atoms with Crippen LogP contribution in [0.3, 0.4) is 0 Å². The van der Waals surface area contributed by atoms with Crippen molar-refractivity contribution in [2.24, 2.45) is 11.7 Å². The van der Waals surface area contributed by atoms with Crippen molar-refractivity contribution in [1.82, 2.24) is 5.32 Å². The molecule has 1 aromatic carbocycles. The maximum absolute atomic E-state index is 12.1. The van der Waals surface area contributed by atoms with Gasteiger partial charge in [0.1, 0.15) is 5.75 Å². The van der Waals surface area contributed by atoms with E-state index in [2.05, 4.69) is 10.2 Å². The van der Waals surface area contributed by atoms with E-state index in [4.69, 9.17) is 10.5 Å². The second-order valence-corrected chi connectivity index (χ2v) is 9.22. The first-order valence-corrected chi connectivity index (χ1v) is 11.4. The third-order valence-electron chi connectivity index (χ3n) is 5.93. The summed E-state index contributed by atoms with van der Waals surface area (Å²) in [5.41, 5.74) is 8.13. The minimum absolute atomic E-state index is 0.126. The van der Waals surface area contributed by atoms with Gasteiger partial charge in [0.2, 0.25) is 0 Å². The third-order valence-corrected chi connectivity index (χ3v) is 6.74. The van der Waals surface area contributed by atoms with Crippen LogP contribution in [0, 0.1) is 5.92 Å². The summed E-state index contributed by atoms with van der Waals surface area (Å²) in [6.07, 6.45) is 10.2. The molecule has 3 aliphatic rings. The molecule has 1 atom stereocenters. The number of nitrogens with zero attached hydrogens (tertiary/aromatic N) is 1. The monoisotopic (exact) mass is 415 g/mol. The number of rotatable bonds is 5. The minimum atomic E-state index is -0.338. The zero-order chi connectivity index (χ0) is 20.2. The van der Waals surface area contributed by atoms with E-state index in [-0.39, 0.29) is 17.2 Å². The summed E-state index contributed by atoms with van der Waals surface area (Å²) >= 11 is 0.944. The normalized spacial score (nSPS) is 24.8. The van der Waals surface area contributed by atoms with Crippen LogP contribution in [-0.4, -0.2) is 36.9 Å². The van der Waals surface area contributed by atoms with Crippen molar-refractivity contribution < 1.29 is 14.3 Å². The van der Waals surface area contributed by atoms with Crippen molar-refractivity contribution in [3.8, 4) is 5.75 Å². The Hall–Kier alpha value is -1.99. The van der Waals surface area contributed by atoms with Crippen molar-refractivity contribution in [3.05, 3.63) is 28.7 Å². The predicted molar refractivity (Wildman–Crippen MR) is 117 cm³/mol. The number of carbonyl (C=O) groups is 2. The summed E-state index contributed by atoms with van der Waals surface area (Å²) in [4.78, 5) is 26.3. The number of ether oxygens (including phenoxy) is 1. The average molecular weight is 416 g/mol. The second-order valence-electron chi connectivity index (χ2n) is 8.21. The van der Waals surface area contributed by atoms with Gasteiger partial charge in [0.15, 0.2) is 0 Å². The summed E-state index contributed by atoms with van der Waals surface area (Å²) < 4.78 is 6.33. The van der Waals surface area contributed by atoms with Gasteiger partial charge in [-0.2, -0.15) is 0 Å². The molecule has 7 heteroatoms. The first-order valence-electron chi connectivity index (χ1n) is 10.6. The zero-order valence-electron chi connectivity index (χ0n) is 16.7. The van der Waals surface area contributed by atoms with Crippen molar-refractivity contribution in [3.63, 3.8) is 0 Å². The van der Waals surface area contributed by atoms with Crippen molar-refractivity contribution >= 4 is 34.7 Å². The number of nitrogens with two attached hydrogens (primary N) is 1. The van der Waals surface area contributed by atoms with E-state index in [0.717, 1.165) is 61.3 Å². The van der Waals surface area contributed by atoms with Crippen LogP contribution in [0.25, 0.3) is 6.08 Å². The number of imide groups is 1. The molecule has 2 amide bonds. The summed E-state index contributed by atoms with van der Waals surface area (Å²) in [5.74, 6) is 1.11. The Morgan fingerprint density at radius 1 is 1.17 bits per heavy atom. The molecule has 1 saturated carbocycles. The Balaban J connectivity index is 1.63. The summed E-state index contributed by atoms with van der Waals surface area (Å²) in [6.45, 7) is 2.39. The lowest BCUT2D eigenvalue weighted by atomic mass is 9.90. The van der Waals surface area contributed by atoms with Crippen LogP contribution in [-0.2, 0) is 4.79 Å². The van der Waals surface area contributed by atoms with E-state index in [0.29, 0.717) is 10.8 Å². The molecule has 0 radical (unpaired) electrons. The van der Waals surface area contributed by atoms with Crippen LogP contribution in [0.15, 0.2) is 23.1 Å². The number of anilines is 1. The standard InChI is InChI=1S/C22H29N3O3S/c23-17-9-5-11-25(13-17)20-16(12-19-21(26)24-22(27)29-19)8-4-10-18(20)28-14-15-6-2-1-3-7-15/h4,8,10,12,15,17H,1-3,5-7,9,11,13-14,23H2,(H,24,26,27)/b19-12-/t17-/m1/s1. The van der Waals surface area contributed by atoms with E-state index >= 15 is 0 Å². The molecule has 0 aromatic heterocycles. The number of carbonyl (C=O) groups excluding carboxylic acids is 2. The molecule has 3 N–H and O–H groups in total. The molecule has 6 nitrogen and oxygen atoms in total. The fraction of sp³-hybridized carbons (Fsp3) is 0.545. The van der Waals surface area contributed by atoms with Crippen molar-refractivity contribution in [2.45, 2.75) is 51.0 Å². The molecule has 4 rings (SSSR count). The van der Waals surface area contributed by atoms with Gasteiger partial charge >= 0.3 is 0 Å². The molecule has 2 saturated heterocycles. The third kappa shape index (κ3) is 4.95. The van der Waals surface area contributed by atoms with Gasteiger partial charge in [-0.25, -0.2) is 0 Å². The molecule has 3 fully saturated rings. The summed E-state index contributed by atoms with van der Waals surface area (Å²) in [7, 11) is 0. The molecule has 0 unspecified atom stereocenters. The maximum Gasteiger partial charge on any atom is 0.290 e. The smallest absolute Gasteiger partial charge is 0.290 e. The molecule has 1 aromatic rings. The van der Waals surface area contributed by atoms with Gasteiger partial charge in [0.05, 0.1) is 17.2 Å². The van der Waals surface area contributed by atoms with Gasteiger partial charge in [-0.1, -0.05) is 31.4 Å². The highest BCUT2D eigenvalue weighted by atomic mass is 32.2. The highest BCUT2D eigenvalue weighted by molar-refractivity contribution is 8.18. The van der Waals surface area contributed by atoms with E-state index in [9.17, 15) is 9.59 Å². The van der Waals surface area contributed by atoms with E-state index in [1.165, 1.54) is 32.1 Å². The largest absolute Gasteiger partial charge is 0.491 e. The molecule has 0 bridgehead atoms. The number of amides is 2. The number of hydrogen-bond donors (Lipinski definition) is 2. The maximum atomic E-state index is 12.1. The van der Waals surface area contributed by atoms with Crippen LogP contribution in [0.2, 0.25) is 0 Å². The fourth-order valence-corrected chi connectivity index (χ4v) is 5.12. The molecule has 2 aliphatic heterocycles. The van der Waals surface area contributed by atoms with Crippen LogP contribution in [0.4, 0.5) is 10.5 Å². The molecule has 0 spiro atoms. The first-order chi connectivity index (χ1) is 14.1. The van der Waals surface area contributed by atoms with Crippen LogP contribution in [0.1, 0.15) is 50.5 Å². The number of nitrogens with one attached hydrogen (secondary N) is 1. The number of piperidine rings is 1. The molecule has 2 heterocycles. The van der Waals surface area contributed by atoms with E-state index in [1.54, 1.807) is 6.08 Å². The lowest BCUT2D eigenvalue weighted by molar-refractivity contribution is -0.115. The molecular weight excluding hydrogens is 386 g/mol. The molecule has 1 aliphatic carbocycles. The zero-order valence-corrected chi connectivity index (χ0v) is 17.5. The fourth-order valence-electron chi connectivity index (χ4n) is 4.45. The number of hydrogen-bond acceptors (Lipinski definition) is 6. The highest BCUT2D eigenvalue weighted by Gasteiger charge is 2.27. The van der Waals surface area contributed by atoms with Crippen molar-refractivity contribution in [1.29, 1.82) is 0 Å². The van der Waals surface area contributed by atoms with Crippen LogP contribution in [0.5, 0.6) is 5.75 Å². The van der Waals surface area contributed by atoms with Gasteiger partial charge in [-0.15, -0.1) is 0 Å². The summed E-state index contributed by atoms with van der Waals surface area (Å²) in [6, 6.07) is 6.07. The Labute approximate surface area is 176 Å². The molecule has 156 valence electrons. The van der Waals surface area contributed by atoms with E-state index in [1.807, 2.05) is 18.2 Å². The lowest BCUT2D eigenvalue weighted by Crippen LogP contribution is -2.43. The predicted octanol–water partition coefficient (Wildman–Crippen LogP) is 3.90. The summed E-state index contributed by atoms with van der Waals surface area (Å²) in [5, 5.41) is 2.00.